The number of amides is 1. The number of hydrogen-bond acceptors (Lipinski definition) is 2. The largest absolute Gasteiger partial charge is 0.389 e. The molecule has 130 valence electrons. The molecule has 0 atom stereocenters. The molecule has 1 aliphatic rings. The van der Waals surface area contributed by atoms with Crippen molar-refractivity contribution in [2.75, 3.05) is 0 Å². The SMILES string of the molecule is Cc1c(C(C)(C)C)s/c(=N\C(=O)CCC(F)(F)F)n1CC1CC1. The normalized spacial score (nSPS) is 16.9. The van der Waals surface area contributed by atoms with Crippen molar-refractivity contribution in [2.24, 2.45) is 10.9 Å². The molecular formula is C16H23F3N2OS. The van der Waals surface area contributed by atoms with Crippen molar-refractivity contribution in [1.82, 2.24) is 4.57 Å². The summed E-state index contributed by atoms with van der Waals surface area (Å²) in [6.07, 6.45) is -3.70. The van der Waals surface area contributed by atoms with Crippen LogP contribution in [0.4, 0.5) is 13.2 Å². The van der Waals surface area contributed by atoms with Crippen LogP contribution in [-0.4, -0.2) is 16.7 Å². The molecule has 3 nitrogen and oxygen atoms in total. The van der Waals surface area contributed by atoms with E-state index < -0.39 is 24.9 Å². The summed E-state index contributed by atoms with van der Waals surface area (Å²) in [5.74, 6) is -0.103. The van der Waals surface area contributed by atoms with Crippen LogP contribution < -0.4 is 4.80 Å². The first kappa shape index (κ1) is 18.2. The van der Waals surface area contributed by atoms with E-state index in [1.165, 1.54) is 11.3 Å². The van der Waals surface area contributed by atoms with Crippen LogP contribution in [0.1, 0.15) is 57.0 Å². The van der Waals surface area contributed by atoms with Crippen LogP contribution in [0.5, 0.6) is 0 Å². The van der Waals surface area contributed by atoms with Gasteiger partial charge in [-0.25, -0.2) is 0 Å². The fourth-order valence-electron chi connectivity index (χ4n) is 2.45. The zero-order chi connectivity index (χ0) is 17.4. The van der Waals surface area contributed by atoms with Gasteiger partial charge in [0.1, 0.15) is 0 Å². The molecular weight excluding hydrogens is 325 g/mol. The van der Waals surface area contributed by atoms with Crippen molar-refractivity contribution in [1.29, 1.82) is 0 Å². The molecule has 7 heteroatoms. The predicted molar refractivity (Wildman–Crippen MR) is 84.3 cm³/mol. The Hall–Kier alpha value is -1.11. The second-order valence-electron chi connectivity index (χ2n) is 7.22. The molecule has 0 aliphatic heterocycles. The topological polar surface area (TPSA) is 34.4 Å². The molecule has 23 heavy (non-hydrogen) atoms. The van der Waals surface area contributed by atoms with Gasteiger partial charge >= 0.3 is 6.18 Å². The number of aromatic nitrogens is 1. The number of rotatable bonds is 4. The van der Waals surface area contributed by atoms with Gasteiger partial charge in [0.15, 0.2) is 4.80 Å². The Labute approximate surface area is 138 Å². The van der Waals surface area contributed by atoms with Crippen LogP contribution in [0.3, 0.4) is 0 Å². The summed E-state index contributed by atoms with van der Waals surface area (Å²) < 4.78 is 38.7. The Morgan fingerprint density at radius 2 is 1.91 bits per heavy atom. The molecule has 1 aromatic rings. The lowest BCUT2D eigenvalue weighted by molar-refractivity contribution is -0.142. The minimum absolute atomic E-state index is 0.0805. The van der Waals surface area contributed by atoms with E-state index in [-0.39, 0.29) is 5.41 Å². The molecule has 1 heterocycles. The van der Waals surface area contributed by atoms with Crippen molar-refractivity contribution in [3.8, 4) is 0 Å². The average Bonchev–Trinajstić information content (AvgIpc) is 3.14. The molecule has 1 aromatic heterocycles. The maximum Gasteiger partial charge on any atom is 0.389 e. The third kappa shape index (κ3) is 5.19. The molecule has 2 rings (SSSR count). The summed E-state index contributed by atoms with van der Waals surface area (Å²) in [5.41, 5.74) is 0.986. The minimum Gasteiger partial charge on any atom is -0.320 e. The summed E-state index contributed by atoms with van der Waals surface area (Å²) in [7, 11) is 0. The highest BCUT2D eigenvalue weighted by Gasteiger charge is 2.29. The van der Waals surface area contributed by atoms with E-state index in [0.29, 0.717) is 10.7 Å². The molecule has 0 radical (unpaired) electrons. The standard InChI is InChI=1S/C16H23F3N2OS/c1-10-13(15(2,3)4)23-14(21(10)9-11-5-6-11)20-12(22)7-8-16(17,18)19/h11H,5-9H2,1-4H3/b20-14-. The Kier molecular flexibility index (Phi) is 5.09. The molecule has 0 saturated heterocycles. The van der Waals surface area contributed by atoms with Gasteiger partial charge in [0, 0.05) is 23.5 Å². The zero-order valence-corrected chi connectivity index (χ0v) is 14.8. The second-order valence-corrected chi connectivity index (χ2v) is 8.20. The first-order valence-corrected chi connectivity index (χ1v) is 8.64. The van der Waals surface area contributed by atoms with E-state index in [2.05, 4.69) is 25.8 Å². The maximum absolute atomic E-state index is 12.2. The molecule has 0 N–H and O–H groups in total. The third-order valence-electron chi connectivity index (χ3n) is 3.82. The van der Waals surface area contributed by atoms with E-state index >= 15 is 0 Å². The van der Waals surface area contributed by atoms with Gasteiger partial charge in [-0.05, 0) is 31.1 Å². The number of alkyl halides is 3. The molecule has 1 amide bonds. The number of nitrogens with zero attached hydrogens (tertiary/aromatic N) is 2. The van der Waals surface area contributed by atoms with Crippen molar-refractivity contribution in [3.63, 3.8) is 0 Å². The van der Waals surface area contributed by atoms with E-state index in [1.807, 2.05) is 11.5 Å². The van der Waals surface area contributed by atoms with Crippen LogP contribution in [0.15, 0.2) is 4.99 Å². The summed E-state index contributed by atoms with van der Waals surface area (Å²) in [6, 6.07) is 0. The molecule has 1 saturated carbocycles. The fourth-order valence-corrected chi connectivity index (χ4v) is 3.67. The lowest BCUT2D eigenvalue weighted by Gasteiger charge is -2.17. The minimum atomic E-state index is -4.32. The van der Waals surface area contributed by atoms with Crippen LogP contribution in [0.25, 0.3) is 0 Å². The van der Waals surface area contributed by atoms with Crippen LogP contribution in [0, 0.1) is 12.8 Å². The van der Waals surface area contributed by atoms with Gasteiger partial charge in [0.25, 0.3) is 0 Å². The average molecular weight is 348 g/mol. The second kappa shape index (κ2) is 6.42. The van der Waals surface area contributed by atoms with Gasteiger partial charge in [-0.15, -0.1) is 11.3 Å². The number of thiazole rings is 1. The number of hydrogen-bond donors (Lipinski definition) is 0. The fraction of sp³-hybridized carbons (Fsp3) is 0.750. The molecule has 0 bridgehead atoms. The van der Waals surface area contributed by atoms with Crippen molar-refractivity contribution in [3.05, 3.63) is 15.4 Å². The van der Waals surface area contributed by atoms with Gasteiger partial charge in [0.2, 0.25) is 5.91 Å². The number of carbonyl (C=O) groups is 1. The van der Waals surface area contributed by atoms with Crippen LogP contribution >= 0.6 is 11.3 Å². The Morgan fingerprint density at radius 3 is 2.39 bits per heavy atom. The van der Waals surface area contributed by atoms with E-state index in [1.54, 1.807) is 0 Å². The molecule has 1 aliphatic carbocycles. The Balaban J connectivity index is 2.31. The smallest absolute Gasteiger partial charge is 0.320 e. The van der Waals surface area contributed by atoms with Gasteiger partial charge < -0.3 is 4.57 Å². The summed E-state index contributed by atoms with van der Waals surface area (Å²) >= 11 is 1.42. The monoisotopic (exact) mass is 348 g/mol. The first-order chi connectivity index (χ1) is 10.5. The maximum atomic E-state index is 12.2. The van der Waals surface area contributed by atoms with Crippen LogP contribution in [-0.2, 0) is 16.8 Å². The molecule has 0 spiro atoms. The zero-order valence-electron chi connectivity index (χ0n) is 14.0. The first-order valence-electron chi connectivity index (χ1n) is 7.82. The molecule has 1 fully saturated rings. The van der Waals surface area contributed by atoms with Gasteiger partial charge in [-0.3, -0.25) is 4.79 Å². The van der Waals surface area contributed by atoms with Gasteiger partial charge in [-0.1, -0.05) is 20.8 Å². The van der Waals surface area contributed by atoms with Crippen molar-refractivity contribution >= 4 is 17.2 Å². The molecule has 0 unspecified atom stereocenters. The van der Waals surface area contributed by atoms with Crippen molar-refractivity contribution in [2.45, 2.75) is 71.5 Å². The number of carbonyl (C=O) groups excluding carboxylic acids is 1. The van der Waals surface area contributed by atoms with Crippen molar-refractivity contribution < 1.29 is 18.0 Å². The quantitative estimate of drug-likeness (QED) is 0.797. The van der Waals surface area contributed by atoms with E-state index in [0.717, 1.165) is 30.0 Å². The highest BCUT2D eigenvalue weighted by atomic mass is 32.1. The number of halogens is 3. The Morgan fingerprint density at radius 1 is 1.30 bits per heavy atom. The highest BCUT2D eigenvalue weighted by Crippen LogP contribution is 2.33. The lowest BCUT2D eigenvalue weighted by atomic mass is 9.93. The van der Waals surface area contributed by atoms with E-state index in [4.69, 9.17) is 0 Å². The summed E-state index contributed by atoms with van der Waals surface area (Å²) in [6.45, 7) is 9.05. The van der Waals surface area contributed by atoms with E-state index in [9.17, 15) is 18.0 Å². The molecule has 0 aromatic carbocycles. The Bertz CT molecular complexity index is 646. The third-order valence-corrected chi connectivity index (χ3v) is 5.43. The van der Waals surface area contributed by atoms with Gasteiger partial charge in [0.05, 0.1) is 6.42 Å². The predicted octanol–water partition coefficient (Wildman–Crippen LogP) is 4.34. The summed E-state index contributed by atoms with van der Waals surface area (Å²) in [5, 5.41) is 0. The lowest BCUT2D eigenvalue weighted by Crippen LogP contribution is -2.20. The van der Waals surface area contributed by atoms with Gasteiger partial charge in [-0.2, -0.15) is 18.2 Å². The van der Waals surface area contributed by atoms with Crippen LogP contribution in [0.2, 0.25) is 0 Å². The summed E-state index contributed by atoms with van der Waals surface area (Å²) in [4.78, 5) is 17.4. The highest BCUT2D eigenvalue weighted by molar-refractivity contribution is 7.09.